The maximum Gasteiger partial charge on any atom is 0.120 e. The summed E-state index contributed by atoms with van der Waals surface area (Å²) in [7, 11) is 1.71. The van der Waals surface area contributed by atoms with Crippen LogP contribution in [-0.2, 0) is 0 Å². The Morgan fingerprint density at radius 1 is 1.15 bits per heavy atom. The monoisotopic (exact) mass is 459 g/mol. The van der Waals surface area contributed by atoms with Gasteiger partial charge in [0.15, 0.2) is 0 Å². The molecule has 1 aromatic carbocycles. The van der Waals surface area contributed by atoms with Crippen molar-refractivity contribution in [1.29, 1.82) is 0 Å². The zero-order valence-electron chi connectivity index (χ0n) is 21.6. The molecule has 2 aliphatic heterocycles. The molecule has 0 aromatic heterocycles. The van der Waals surface area contributed by atoms with Gasteiger partial charge in [0.25, 0.3) is 0 Å². The van der Waals surface area contributed by atoms with E-state index < -0.39 is 0 Å². The second-order valence-corrected chi connectivity index (χ2v) is 7.49. The molecule has 1 fully saturated rings. The summed E-state index contributed by atoms with van der Waals surface area (Å²) < 4.78 is 18.6. The molecule has 1 aromatic rings. The summed E-state index contributed by atoms with van der Waals surface area (Å²) in [5.41, 5.74) is 1.36. The van der Waals surface area contributed by atoms with E-state index in [1.165, 1.54) is 24.5 Å². The summed E-state index contributed by atoms with van der Waals surface area (Å²) in [6, 6.07) is 8.40. The van der Waals surface area contributed by atoms with Crippen LogP contribution in [0.2, 0.25) is 0 Å². The quantitative estimate of drug-likeness (QED) is 0.486. The van der Waals surface area contributed by atoms with Crippen molar-refractivity contribution in [3.63, 3.8) is 0 Å². The van der Waals surface area contributed by atoms with Crippen molar-refractivity contribution in [3.8, 4) is 5.75 Å². The number of methoxy groups -OCH3 is 1. The van der Waals surface area contributed by atoms with Crippen LogP contribution in [-0.4, -0.2) is 50.6 Å². The lowest BCUT2D eigenvalue weighted by Gasteiger charge is -2.32. The predicted molar refractivity (Wildman–Crippen MR) is 143 cm³/mol. The predicted octanol–water partition coefficient (Wildman–Crippen LogP) is 6.92. The van der Waals surface area contributed by atoms with Crippen LogP contribution in [0.1, 0.15) is 64.9 Å². The normalized spacial score (nSPS) is 18.8. The van der Waals surface area contributed by atoms with Gasteiger partial charge in [0, 0.05) is 6.54 Å². The molecule has 1 N–H and O–H groups in total. The molecular weight excluding hydrogens is 413 g/mol. The van der Waals surface area contributed by atoms with E-state index in [-0.39, 0.29) is 5.83 Å². The van der Waals surface area contributed by atoms with Crippen LogP contribution >= 0.6 is 0 Å². The van der Waals surface area contributed by atoms with Crippen molar-refractivity contribution < 1.29 is 9.13 Å². The number of allylic oxidation sites excluding steroid dienone is 2. The average molecular weight is 460 g/mol. The molecule has 4 nitrogen and oxygen atoms in total. The molecule has 0 unspecified atom stereocenters. The molecule has 3 rings (SSSR count). The smallest absolute Gasteiger partial charge is 0.120 e. The first-order chi connectivity index (χ1) is 16.2. The fourth-order valence-electron chi connectivity index (χ4n) is 3.36. The van der Waals surface area contributed by atoms with Crippen LogP contribution in [0.5, 0.6) is 5.75 Å². The molecule has 2 heterocycles. The second-order valence-electron chi connectivity index (χ2n) is 7.49. The number of nitrogens with one attached hydrogen (secondary N) is 1. The summed E-state index contributed by atoms with van der Waals surface area (Å²) >= 11 is 0. The minimum Gasteiger partial charge on any atom is -0.497 e. The molecular formula is C28H46FN3O. The van der Waals surface area contributed by atoms with E-state index in [1.54, 1.807) is 19.3 Å². The first-order valence-electron chi connectivity index (χ1n) is 12.3. The SMILES string of the molecule is C=C.CC.CCCC.COc1cccc(C2CCN(CC3=NC/C=C\C(F)=C/CN3)CC2)c1. The number of rotatable bonds is 5. The van der Waals surface area contributed by atoms with E-state index in [1.807, 2.05) is 19.9 Å². The van der Waals surface area contributed by atoms with E-state index in [2.05, 4.69) is 60.4 Å². The zero-order valence-corrected chi connectivity index (χ0v) is 21.6. The number of nitrogens with zero attached hydrogens (tertiary/aromatic N) is 2. The molecule has 5 heteroatoms. The largest absolute Gasteiger partial charge is 0.497 e. The zero-order chi connectivity index (χ0) is 24.9. The third-order valence-corrected chi connectivity index (χ3v) is 5.29. The minimum absolute atomic E-state index is 0.206. The molecule has 186 valence electrons. The number of hydrogen-bond acceptors (Lipinski definition) is 4. The van der Waals surface area contributed by atoms with Gasteiger partial charge in [0.2, 0.25) is 0 Å². The van der Waals surface area contributed by atoms with Crippen molar-refractivity contribution in [2.45, 2.75) is 59.3 Å². The minimum atomic E-state index is -0.206. The van der Waals surface area contributed by atoms with Gasteiger partial charge in [-0.05, 0) is 61.7 Å². The summed E-state index contributed by atoms with van der Waals surface area (Å²) in [5.74, 6) is 2.25. The van der Waals surface area contributed by atoms with Crippen molar-refractivity contribution in [3.05, 3.63) is 67.0 Å². The number of hydrogen-bond donors (Lipinski definition) is 1. The van der Waals surface area contributed by atoms with Crippen LogP contribution in [0.25, 0.3) is 0 Å². The Balaban J connectivity index is 0.00000113. The molecule has 0 radical (unpaired) electrons. The summed E-state index contributed by atoms with van der Waals surface area (Å²) in [6.07, 6.45) is 9.69. The number of piperidine rings is 1. The number of benzene rings is 1. The topological polar surface area (TPSA) is 36.9 Å². The molecule has 1 saturated heterocycles. The van der Waals surface area contributed by atoms with Gasteiger partial charge in [-0.2, -0.15) is 0 Å². The van der Waals surface area contributed by atoms with E-state index >= 15 is 0 Å². The number of halogens is 1. The lowest BCUT2D eigenvalue weighted by Crippen LogP contribution is -2.41. The molecule has 0 spiro atoms. The maximum atomic E-state index is 13.3. The van der Waals surface area contributed by atoms with Crippen LogP contribution in [0, 0.1) is 0 Å². The highest BCUT2D eigenvalue weighted by molar-refractivity contribution is 5.84. The van der Waals surface area contributed by atoms with Crippen molar-refractivity contribution >= 4 is 5.84 Å². The number of unbranched alkanes of at least 4 members (excludes halogenated alkanes) is 1. The number of amidine groups is 1. The molecule has 0 amide bonds. The van der Waals surface area contributed by atoms with E-state index in [9.17, 15) is 4.39 Å². The van der Waals surface area contributed by atoms with Gasteiger partial charge < -0.3 is 10.1 Å². The Bertz CT molecular complexity index is 705. The number of aliphatic imine (C=N–C) groups is 1. The molecule has 0 aliphatic carbocycles. The van der Waals surface area contributed by atoms with E-state index in [4.69, 9.17) is 4.74 Å². The van der Waals surface area contributed by atoms with Gasteiger partial charge in [-0.25, -0.2) is 4.39 Å². The maximum absolute atomic E-state index is 13.3. The molecule has 2 aliphatic rings. The highest BCUT2D eigenvalue weighted by atomic mass is 19.1. The van der Waals surface area contributed by atoms with Crippen LogP contribution < -0.4 is 10.1 Å². The van der Waals surface area contributed by atoms with Crippen LogP contribution in [0.3, 0.4) is 0 Å². The lowest BCUT2D eigenvalue weighted by molar-refractivity contribution is 0.237. The van der Waals surface area contributed by atoms with Crippen molar-refractivity contribution in [2.75, 3.05) is 39.8 Å². The fraction of sp³-hybridized carbons (Fsp3) is 0.536. The second kappa shape index (κ2) is 20.2. The highest BCUT2D eigenvalue weighted by Crippen LogP contribution is 2.29. The van der Waals surface area contributed by atoms with Gasteiger partial charge >= 0.3 is 0 Å². The third-order valence-electron chi connectivity index (χ3n) is 5.29. The molecule has 0 atom stereocenters. The first kappa shape index (κ1) is 30.6. The van der Waals surface area contributed by atoms with E-state index in [0.717, 1.165) is 44.1 Å². The van der Waals surface area contributed by atoms with Crippen molar-refractivity contribution in [2.24, 2.45) is 4.99 Å². The van der Waals surface area contributed by atoms with Gasteiger partial charge in [-0.3, -0.25) is 9.89 Å². The van der Waals surface area contributed by atoms with Crippen molar-refractivity contribution in [1.82, 2.24) is 10.2 Å². The fourth-order valence-corrected chi connectivity index (χ4v) is 3.36. The van der Waals surface area contributed by atoms with Gasteiger partial charge in [-0.1, -0.05) is 58.7 Å². The molecule has 33 heavy (non-hydrogen) atoms. The number of likely N-dealkylation sites (tertiary alicyclic amines) is 1. The van der Waals surface area contributed by atoms with Gasteiger partial charge in [0.1, 0.15) is 17.4 Å². The molecule has 0 saturated carbocycles. The number of ether oxygens (including phenoxy) is 1. The Morgan fingerprint density at radius 2 is 1.82 bits per heavy atom. The summed E-state index contributed by atoms with van der Waals surface area (Å²) in [4.78, 5) is 6.95. The highest BCUT2D eigenvalue weighted by Gasteiger charge is 2.21. The Hall–Kier alpha value is -2.40. The summed E-state index contributed by atoms with van der Waals surface area (Å²) in [5, 5.41) is 3.23. The summed E-state index contributed by atoms with van der Waals surface area (Å²) in [6.45, 7) is 18.2. The Morgan fingerprint density at radius 3 is 2.42 bits per heavy atom. The molecule has 0 bridgehead atoms. The average Bonchev–Trinajstić information content (AvgIpc) is 2.99. The standard InChI is InChI=1S/C20H26FN3O.C4H10.C2H6.C2H4/c1-25-19-6-2-4-17(14-19)16-8-12-24(13-9-16)15-20-22-10-3-5-18(21)7-11-23-20;1-3-4-2;2*1-2/h2-7,14,16H,8-13,15H2,1H3,(H,22,23);3-4H2,1-2H3;1-2H3;1-2H2/b5-3-,18-7+;;;. The lowest BCUT2D eigenvalue weighted by atomic mass is 9.89. The third kappa shape index (κ3) is 13.0. The Labute approximate surface area is 202 Å². The first-order valence-corrected chi connectivity index (χ1v) is 12.3. The van der Waals surface area contributed by atoms with Crippen LogP contribution in [0.4, 0.5) is 4.39 Å². The Kier molecular flexibility index (Phi) is 18.8. The van der Waals surface area contributed by atoms with E-state index in [0.29, 0.717) is 19.0 Å². The van der Waals surface area contributed by atoms with Gasteiger partial charge in [-0.15, -0.1) is 13.2 Å². The van der Waals surface area contributed by atoms with Crippen LogP contribution in [0.15, 0.2) is 66.5 Å². The van der Waals surface area contributed by atoms with Gasteiger partial charge in [0.05, 0.1) is 20.2 Å².